The lowest BCUT2D eigenvalue weighted by atomic mass is 9.54. The molecule has 4 heteroatoms. The van der Waals surface area contributed by atoms with Gasteiger partial charge >= 0.3 is 11.9 Å². The van der Waals surface area contributed by atoms with Gasteiger partial charge in [0.2, 0.25) is 0 Å². The molecule has 4 atom stereocenters. The van der Waals surface area contributed by atoms with Crippen LogP contribution >= 0.6 is 0 Å². The lowest BCUT2D eigenvalue weighted by molar-refractivity contribution is -0.159. The van der Waals surface area contributed by atoms with Crippen LogP contribution in [0.3, 0.4) is 0 Å². The fourth-order valence-electron chi connectivity index (χ4n) is 5.36. The van der Waals surface area contributed by atoms with Crippen LogP contribution in [0, 0.1) is 23.2 Å². The van der Waals surface area contributed by atoms with E-state index in [-0.39, 0.29) is 29.4 Å². The van der Waals surface area contributed by atoms with Gasteiger partial charge in [-0.3, -0.25) is 4.79 Å². The molecule has 162 valence electrons. The van der Waals surface area contributed by atoms with E-state index in [1.807, 2.05) is 0 Å². The highest BCUT2D eigenvalue weighted by Gasteiger charge is 2.51. The molecule has 0 amide bonds. The SMILES string of the molecule is C=C1CCC[C@]2(C)CC[C@@H](C(C)C)[C@H](OC(=O)C=Cc3ccc(OC(C)=O)cc3)[C@@H]12. The Balaban J connectivity index is 1.72. The second kappa shape index (κ2) is 9.20. The Morgan fingerprint density at radius 3 is 2.53 bits per heavy atom. The first-order valence-electron chi connectivity index (χ1n) is 11.0. The number of rotatable bonds is 5. The summed E-state index contributed by atoms with van der Waals surface area (Å²) in [6.07, 6.45) is 8.79. The highest BCUT2D eigenvalue weighted by Crippen LogP contribution is 2.55. The third-order valence-electron chi connectivity index (χ3n) is 6.90. The second-order valence-corrected chi connectivity index (χ2v) is 9.49. The Bertz CT molecular complexity index is 820. The molecule has 2 aliphatic carbocycles. The van der Waals surface area contributed by atoms with E-state index in [1.54, 1.807) is 30.3 Å². The molecular weight excluding hydrogens is 376 g/mol. The van der Waals surface area contributed by atoms with Crippen molar-refractivity contribution in [2.75, 3.05) is 0 Å². The molecule has 0 radical (unpaired) electrons. The Kier molecular flexibility index (Phi) is 6.84. The van der Waals surface area contributed by atoms with Crippen molar-refractivity contribution < 1.29 is 19.1 Å². The monoisotopic (exact) mass is 410 g/mol. The van der Waals surface area contributed by atoms with Crippen LogP contribution in [0.5, 0.6) is 5.75 Å². The van der Waals surface area contributed by atoms with E-state index in [9.17, 15) is 9.59 Å². The lowest BCUT2D eigenvalue weighted by Gasteiger charge is -2.53. The van der Waals surface area contributed by atoms with Crippen molar-refractivity contribution in [2.45, 2.75) is 65.9 Å². The van der Waals surface area contributed by atoms with Gasteiger partial charge in [0.05, 0.1) is 0 Å². The minimum Gasteiger partial charge on any atom is -0.458 e. The van der Waals surface area contributed by atoms with Crippen LogP contribution in [0.25, 0.3) is 6.08 Å². The zero-order valence-corrected chi connectivity index (χ0v) is 18.6. The molecule has 0 saturated heterocycles. The number of carbonyl (C=O) groups is 2. The molecular formula is C26H34O4. The van der Waals surface area contributed by atoms with Gasteiger partial charge in [-0.15, -0.1) is 0 Å². The van der Waals surface area contributed by atoms with Crippen LogP contribution in [0.15, 0.2) is 42.5 Å². The van der Waals surface area contributed by atoms with E-state index < -0.39 is 0 Å². The standard InChI is InChI=1S/C26H34O4/c1-17(2)22-14-16-26(5)15-6-7-18(3)24(26)25(22)30-23(28)13-10-20-8-11-21(12-9-20)29-19(4)27/h8-13,17,22,24-25H,3,6-7,14-16H2,1-2,4-5H3/t22-,24+,25-,26+/m0/s1. The largest absolute Gasteiger partial charge is 0.458 e. The van der Waals surface area contributed by atoms with Gasteiger partial charge in [-0.1, -0.05) is 45.1 Å². The summed E-state index contributed by atoms with van der Waals surface area (Å²) < 4.78 is 11.1. The van der Waals surface area contributed by atoms with Gasteiger partial charge in [0.15, 0.2) is 0 Å². The average Bonchev–Trinajstić information content (AvgIpc) is 2.66. The number of fused-ring (bicyclic) bond motifs is 1. The molecule has 4 nitrogen and oxygen atoms in total. The highest BCUT2D eigenvalue weighted by atomic mass is 16.5. The first-order valence-corrected chi connectivity index (χ1v) is 11.0. The van der Waals surface area contributed by atoms with Crippen molar-refractivity contribution >= 4 is 18.0 Å². The van der Waals surface area contributed by atoms with E-state index in [4.69, 9.17) is 9.47 Å². The third-order valence-corrected chi connectivity index (χ3v) is 6.90. The molecule has 0 unspecified atom stereocenters. The third kappa shape index (κ3) is 5.03. The van der Waals surface area contributed by atoms with Crippen LogP contribution in [-0.4, -0.2) is 18.0 Å². The summed E-state index contributed by atoms with van der Waals surface area (Å²) in [5, 5.41) is 0. The van der Waals surface area contributed by atoms with Gasteiger partial charge < -0.3 is 9.47 Å². The van der Waals surface area contributed by atoms with E-state index in [0.717, 1.165) is 18.4 Å². The van der Waals surface area contributed by atoms with Crippen molar-refractivity contribution in [3.8, 4) is 5.75 Å². The number of carbonyl (C=O) groups excluding carboxylic acids is 2. The molecule has 0 bridgehead atoms. The van der Waals surface area contributed by atoms with E-state index >= 15 is 0 Å². The van der Waals surface area contributed by atoms with Crippen LogP contribution in [0.2, 0.25) is 0 Å². The van der Waals surface area contributed by atoms with Crippen molar-refractivity contribution in [3.63, 3.8) is 0 Å². The normalized spacial score (nSPS) is 29.0. The first-order chi connectivity index (χ1) is 14.2. The molecule has 2 saturated carbocycles. The van der Waals surface area contributed by atoms with Gasteiger partial charge in [-0.2, -0.15) is 0 Å². The van der Waals surface area contributed by atoms with Crippen LogP contribution in [0.1, 0.15) is 65.4 Å². The number of benzene rings is 1. The number of ether oxygens (including phenoxy) is 2. The summed E-state index contributed by atoms with van der Waals surface area (Å²) in [6.45, 7) is 12.5. The van der Waals surface area contributed by atoms with Crippen molar-refractivity contribution in [3.05, 3.63) is 48.1 Å². The number of hydrogen-bond acceptors (Lipinski definition) is 4. The van der Waals surface area contributed by atoms with Crippen LogP contribution in [-0.2, 0) is 14.3 Å². The van der Waals surface area contributed by atoms with Crippen LogP contribution < -0.4 is 4.74 Å². The molecule has 0 heterocycles. The van der Waals surface area contributed by atoms with Gasteiger partial charge in [-0.25, -0.2) is 4.79 Å². The van der Waals surface area contributed by atoms with Crippen molar-refractivity contribution in [1.82, 2.24) is 0 Å². The van der Waals surface area contributed by atoms with Gasteiger partial charge in [0.1, 0.15) is 11.9 Å². The summed E-state index contributed by atoms with van der Waals surface area (Å²) in [7, 11) is 0. The van der Waals surface area contributed by atoms with Crippen molar-refractivity contribution in [1.29, 1.82) is 0 Å². The molecule has 30 heavy (non-hydrogen) atoms. The average molecular weight is 411 g/mol. The quantitative estimate of drug-likeness (QED) is 0.260. The van der Waals surface area contributed by atoms with Gasteiger partial charge in [-0.05, 0) is 73.1 Å². The predicted molar refractivity (Wildman–Crippen MR) is 119 cm³/mol. The Labute approximate surface area is 180 Å². The van der Waals surface area contributed by atoms with E-state index in [0.29, 0.717) is 17.6 Å². The summed E-state index contributed by atoms with van der Waals surface area (Å²) in [5.41, 5.74) is 2.28. The number of esters is 2. The second-order valence-electron chi connectivity index (χ2n) is 9.49. The van der Waals surface area contributed by atoms with E-state index in [1.165, 1.54) is 37.8 Å². The Hall–Kier alpha value is -2.36. The van der Waals surface area contributed by atoms with E-state index in [2.05, 4.69) is 27.4 Å². The highest BCUT2D eigenvalue weighted by molar-refractivity contribution is 5.87. The molecule has 2 aliphatic rings. The van der Waals surface area contributed by atoms with Crippen LogP contribution in [0.4, 0.5) is 0 Å². The Morgan fingerprint density at radius 1 is 1.20 bits per heavy atom. The maximum atomic E-state index is 12.7. The summed E-state index contributed by atoms with van der Waals surface area (Å²) >= 11 is 0. The molecule has 2 fully saturated rings. The smallest absolute Gasteiger partial charge is 0.331 e. The maximum absolute atomic E-state index is 12.7. The zero-order chi connectivity index (χ0) is 21.9. The molecule has 0 spiro atoms. The molecule has 0 aliphatic heterocycles. The summed E-state index contributed by atoms with van der Waals surface area (Å²) in [4.78, 5) is 23.8. The fourth-order valence-corrected chi connectivity index (χ4v) is 5.36. The molecule has 3 rings (SSSR count). The minimum absolute atomic E-state index is 0.111. The fraction of sp³-hybridized carbons (Fsp3) is 0.538. The molecule has 0 N–H and O–H groups in total. The molecule has 1 aromatic rings. The first kappa shape index (κ1) is 22.3. The topological polar surface area (TPSA) is 52.6 Å². The predicted octanol–water partition coefficient (Wildman–Crippen LogP) is 5.97. The summed E-state index contributed by atoms with van der Waals surface area (Å²) in [6, 6.07) is 7.03. The Morgan fingerprint density at radius 2 is 1.90 bits per heavy atom. The summed E-state index contributed by atoms with van der Waals surface area (Å²) in [5.74, 6) is 0.882. The van der Waals surface area contributed by atoms with Gasteiger partial charge in [0, 0.05) is 18.9 Å². The zero-order valence-electron chi connectivity index (χ0n) is 18.6. The molecule has 0 aromatic heterocycles. The van der Waals surface area contributed by atoms with Crippen molar-refractivity contribution in [2.24, 2.45) is 23.2 Å². The minimum atomic E-state index is -0.356. The van der Waals surface area contributed by atoms with Gasteiger partial charge in [0.25, 0.3) is 0 Å². The lowest BCUT2D eigenvalue weighted by Crippen LogP contribution is -2.50. The number of hydrogen-bond donors (Lipinski definition) is 0. The maximum Gasteiger partial charge on any atom is 0.331 e. The molecule has 1 aromatic carbocycles.